The zero-order chi connectivity index (χ0) is 22.3. The van der Waals surface area contributed by atoms with Gasteiger partial charge in [0.25, 0.3) is 0 Å². The van der Waals surface area contributed by atoms with Crippen molar-refractivity contribution < 1.29 is 23.8 Å². The predicted molar refractivity (Wildman–Crippen MR) is 116 cm³/mol. The lowest BCUT2D eigenvalue weighted by atomic mass is 9.87. The van der Waals surface area contributed by atoms with Gasteiger partial charge in [0, 0.05) is 19.6 Å². The molecule has 2 fully saturated rings. The van der Waals surface area contributed by atoms with Crippen molar-refractivity contribution in [3.05, 3.63) is 0 Å². The van der Waals surface area contributed by atoms with Gasteiger partial charge in [-0.3, -0.25) is 19.4 Å². The molecule has 1 saturated heterocycles. The molecule has 174 valence electrons. The summed E-state index contributed by atoms with van der Waals surface area (Å²) in [6.07, 6.45) is 5.84. The van der Waals surface area contributed by atoms with E-state index >= 15 is 0 Å². The van der Waals surface area contributed by atoms with Crippen LogP contribution in [0.2, 0.25) is 0 Å². The standard InChI is InChI=1S/C23H42N2O5/c1-7-24(17(2)21(26)30-23(3,4)5)16-20(25-14-8-9-15-25)29-19-12-10-18(11-13-19)22(27)28-6/h17-20H,7-16H2,1-6H3/t17-,18?,19?,20-/m0/s1. The second kappa shape index (κ2) is 11.4. The summed E-state index contributed by atoms with van der Waals surface area (Å²) in [5, 5.41) is 0. The molecule has 1 heterocycles. The van der Waals surface area contributed by atoms with Gasteiger partial charge in [-0.1, -0.05) is 6.92 Å². The van der Waals surface area contributed by atoms with Crippen LogP contribution in [0.25, 0.3) is 0 Å². The second-order valence-electron chi connectivity index (χ2n) is 9.63. The number of carbonyl (C=O) groups excluding carboxylic acids is 2. The minimum Gasteiger partial charge on any atom is -0.469 e. The molecule has 2 atom stereocenters. The van der Waals surface area contributed by atoms with Gasteiger partial charge in [0.1, 0.15) is 17.9 Å². The van der Waals surface area contributed by atoms with Crippen molar-refractivity contribution in [3.8, 4) is 0 Å². The van der Waals surface area contributed by atoms with E-state index in [1.807, 2.05) is 27.7 Å². The van der Waals surface area contributed by atoms with Crippen LogP contribution in [0.5, 0.6) is 0 Å². The molecule has 0 radical (unpaired) electrons. The number of methoxy groups -OCH3 is 1. The summed E-state index contributed by atoms with van der Waals surface area (Å²) in [7, 11) is 1.46. The first-order valence-electron chi connectivity index (χ1n) is 11.6. The molecule has 0 bridgehead atoms. The van der Waals surface area contributed by atoms with Crippen LogP contribution in [-0.4, -0.2) is 79.0 Å². The van der Waals surface area contributed by atoms with Crippen molar-refractivity contribution in [2.24, 2.45) is 5.92 Å². The molecule has 0 aromatic rings. The van der Waals surface area contributed by atoms with Crippen LogP contribution in [-0.2, 0) is 23.8 Å². The molecule has 1 aliphatic carbocycles. The van der Waals surface area contributed by atoms with E-state index in [-0.39, 0.29) is 36.2 Å². The molecule has 7 nitrogen and oxygen atoms in total. The highest BCUT2D eigenvalue weighted by Crippen LogP contribution is 2.29. The van der Waals surface area contributed by atoms with E-state index in [2.05, 4.69) is 16.7 Å². The minimum absolute atomic E-state index is 0.000539. The number of rotatable bonds is 9. The van der Waals surface area contributed by atoms with E-state index in [9.17, 15) is 9.59 Å². The highest BCUT2D eigenvalue weighted by molar-refractivity contribution is 5.75. The molecule has 2 aliphatic rings. The lowest BCUT2D eigenvalue weighted by Gasteiger charge is -2.38. The lowest BCUT2D eigenvalue weighted by molar-refractivity contribution is -0.164. The average molecular weight is 427 g/mol. The van der Waals surface area contributed by atoms with E-state index in [1.165, 1.54) is 20.0 Å². The first kappa shape index (κ1) is 25.1. The van der Waals surface area contributed by atoms with Gasteiger partial charge in [-0.2, -0.15) is 0 Å². The van der Waals surface area contributed by atoms with Crippen molar-refractivity contribution >= 4 is 11.9 Å². The fraction of sp³-hybridized carbons (Fsp3) is 0.913. The zero-order valence-corrected chi connectivity index (χ0v) is 19.8. The number of ether oxygens (including phenoxy) is 3. The molecule has 0 unspecified atom stereocenters. The van der Waals surface area contributed by atoms with Gasteiger partial charge < -0.3 is 14.2 Å². The van der Waals surface area contributed by atoms with Crippen LogP contribution in [0.4, 0.5) is 0 Å². The summed E-state index contributed by atoms with van der Waals surface area (Å²) in [5.41, 5.74) is -0.492. The van der Waals surface area contributed by atoms with Crippen molar-refractivity contribution in [3.63, 3.8) is 0 Å². The maximum Gasteiger partial charge on any atom is 0.323 e. The maximum atomic E-state index is 12.6. The summed E-state index contributed by atoms with van der Waals surface area (Å²) < 4.78 is 17.1. The summed E-state index contributed by atoms with van der Waals surface area (Å²) in [6.45, 7) is 13.2. The molecule has 1 aliphatic heterocycles. The number of nitrogens with zero attached hydrogens (tertiary/aromatic N) is 2. The van der Waals surface area contributed by atoms with Gasteiger partial charge in [0.05, 0.1) is 19.1 Å². The van der Waals surface area contributed by atoms with Gasteiger partial charge in [0.15, 0.2) is 0 Å². The van der Waals surface area contributed by atoms with E-state index in [0.29, 0.717) is 6.54 Å². The molecular weight excluding hydrogens is 384 g/mol. The Bertz CT molecular complexity index is 548. The lowest BCUT2D eigenvalue weighted by Crippen LogP contribution is -2.51. The molecule has 0 spiro atoms. The predicted octanol–water partition coefficient (Wildman–Crippen LogP) is 3.21. The maximum absolute atomic E-state index is 12.6. The summed E-state index contributed by atoms with van der Waals surface area (Å²) in [6, 6.07) is -0.321. The second-order valence-corrected chi connectivity index (χ2v) is 9.63. The van der Waals surface area contributed by atoms with Gasteiger partial charge in [-0.25, -0.2) is 0 Å². The van der Waals surface area contributed by atoms with Crippen LogP contribution in [0, 0.1) is 5.92 Å². The summed E-state index contributed by atoms with van der Waals surface area (Å²) in [5.74, 6) is -0.296. The Morgan fingerprint density at radius 2 is 1.70 bits per heavy atom. The van der Waals surface area contributed by atoms with E-state index in [1.54, 1.807) is 0 Å². The smallest absolute Gasteiger partial charge is 0.323 e. The fourth-order valence-electron chi connectivity index (χ4n) is 4.40. The van der Waals surface area contributed by atoms with Crippen molar-refractivity contribution in [2.75, 3.05) is 33.3 Å². The van der Waals surface area contributed by atoms with Gasteiger partial charge in [-0.15, -0.1) is 0 Å². The Kier molecular flexibility index (Phi) is 9.57. The largest absolute Gasteiger partial charge is 0.469 e. The number of carbonyl (C=O) groups is 2. The molecule has 7 heteroatoms. The number of likely N-dealkylation sites (N-methyl/N-ethyl adjacent to an activating group) is 1. The Morgan fingerprint density at radius 3 is 2.20 bits per heavy atom. The third kappa shape index (κ3) is 7.50. The number of likely N-dealkylation sites (tertiary alicyclic amines) is 1. The van der Waals surface area contributed by atoms with Crippen LogP contribution >= 0.6 is 0 Å². The quantitative estimate of drug-likeness (QED) is 0.524. The van der Waals surface area contributed by atoms with Crippen molar-refractivity contribution in [1.29, 1.82) is 0 Å². The SMILES string of the molecule is CCN(C[C@H](OC1CCC(C(=O)OC)CC1)N1CCCC1)[C@@H](C)C(=O)OC(C)(C)C. The Labute approximate surface area is 182 Å². The molecule has 0 N–H and O–H groups in total. The highest BCUT2D eigenvalue weighted by Gasteiger charge is 2.34. The Hall–Kier alpha value is -1.18. The molecule has 2 rings (SSSR count). The average Bonchev–Trinajstić information content (AvgIpc) is 3.24. The highest BCUT2D eigenvalue weighted by atomic mass is 16.6. The first-order valence-corrected chi connectivity index (χ1v) is 11.6. The third-order valence-electron chi connectivity index (χ3n) is 6.20. The van der Waals surface area contributed by atoms with Gasteiger partial charge in [-0.05, 0) is 72.8 Å². The van der Waals surface area contributed by atoms with Gasteiger partial charge in [0.2, 0.25) is 0 Å². The topological polar surface area (TPSA) is 68.3 Å². The summed E-state index contributed by atoms with van der Waals surface area (Å²) in [4.78, 5) is 29.0. The third-order valence-corrected chi connectivity index (χ3v) is 6.20. The fourth-order valence-corrected chi connectivity index (χ4v) is 4.40. The van der Waals surface area contributed by atoms with Crippen LogP contribution in [0.1, 0.15) is 73.1 Å². The molecule has 0 aromatic heterocycles. The number of hydrogen-bond acceptors (Lipinski definition) is 7. The monoisotopic (exact) mass is 426 g/mol. The Balaban J connectivity index is 1.98. The van der Waals surface area contributed by atoms with Gasteiger partial charge >= 0.3 is 11.9 Å². The minimum atomic E-state index is -0.492. The first-order chi connectivity index (χ1) is 14.1. The number of hydrogen-bond donors (Lipinski definition) is 0. The van der Waals surface area contributed by atoms with E-state index < -0.39 is 5.60 Å². The number of esters is 2. The van der Waals surface area contributed by atoms with E-state index in [0.717, 1.165) is 45.3 Å². The molecule has 0 amide bonds. The molecule has 1 saturated carbocycles. The van der Waals surface area contributed by atoms with Crippen molar-refractivity contribution in [2.45, 2.75) is 97.1 Å². The Morgan fingerprint density at radius 1 is 1.10 bits per heavy atom. The molecular formula is C23H42N2O5. The van der Waals surface area contributed by atoms with Crippen LogP contribution < -0.4 is 0 Å². The zero-order valence-electron chi connectivity index (χ0n) is 19.8. The normalized spacial score (nSPS) is 25.2. The van der Waals surface area contributed by atoms with Crippen LogP contribution in [0.3, 0.4) is 0 Å². The summed E-state index contributed by atoms with van der Waals surface area (Å²) >= 11 is 0. The molecule has 30 heavy (non-hydrogen) atoms. The van der Waals surface area contributed by atoms with Crippen molar-refractivity contribution in [1.82, 2.24) is 9.80 Å². The van der Waals surface area contributed by atoms with E-state index in [4.69, 9.17) is 14.2 Å². The molecule has 0 aromatic carbocycles. The van der Waals surface area contributed by atoms with Crippen LogP contribution in [0.15, 0.2) is 0 Å².